The quantitative estimate of drug-likeness (QED) is 0.0702. The van der Waals surface area contributed by atoms with Crippen molar-refractivity contribution in [3.05, 3.63) is 151 Å². The van der Waals surface area contributed by atoms with Crippen LogP contribution in [0.15, 0.2) is 105 Å². The number of ketones is 1. The van der Waals surface area contributed by atoms with Crippen LogP contribution < -0.4 is 16.0 Å². The fraction of sp³-hybridized carbons (Fsp3) is 0.321. The van der Waals surface area contributed by atoms with Crippen molar-refractivity contribution in [1.29, 1.82) is 0 Å². The van der Waals surface area contributed by atoms with E-state index in [2.05, 4.69) is 41.3 Å². The lowest BCUT2D eigenvalue weighted by atomic mass is 9.84. The zero-order valence-corrected chi connectivity index (χ0v) is 41.5. The number of halogens is 2. The highest BCUT2D eigenvalue weighted by atomic mass is 32.2. The average Bonchev–Trinajstić information content (AvgIpc) is 4.20. The van der Waals surface area contributed by atoms with Gasteiger partial charge >= 0.3 is 0 Å². The lowest BCUT2D eigenvalue weighted by Crippen LogP contribution is -2.33. The molecule has 2 aliphatic heterocycles. The lowest BCUT2D eigenvalue weighted by Gasteiger charge is -2.29. The van der Waals surface area contributed by atoms with Gasteiger partial charge in [0.1, 0.15) is 23.3 Å². The van der Waals surface area contributed by atoms with Crippen molar-refractivity contribution in [2.45, 2.75) is 95.8 Å². The van der Waals surface area contributed by atoms with Crippen LogP contribution in [0.3, 0.4) is 0 Å². The minimum absolute atomic E-state index is 0.0256. The predicted molar refractivity (Wildman–Crippen MR) is 275 cm³/mol. The molecule has 0 spiro atoms. The van der Waals surface area contributed by atoms with E-state index in [0.29, 0.717) is 51.7 Å². The third-order valence-electron chi connectivity index (χ3n) is 13.0. The number of nitrogens with zero attached hydrogens (tertiary/aromatic N) is 4. The Balaban J connectivity index is 0.000000174. The Morgan fingerprint density at radius 2 is 1.24 bits per heavy atom. The molecule has 3 N–H and O–H groups in total. The molecule has 4 aromatic heterocycles. The highest BCUT2D eigenvalue weighted by molar-refractivity contribution is 8.18. The molecule has 2 aliphatic carbocycles. The van der Waals surface area contributed by atoms with Crippen LogP contribution in [0.1, 0.15) is 92.0 Å². The number of carbonyl (C=O) groups is 4. The SMILES string of the molecule is O=C1CC(=O)/C(=C/c2ccnc(CC3CCC(NCc4ccc(F)cc4-c4cccs4)CC3)n2)S1.O=C1NC(=O)/C(=C/c2ccnc(CC3CCC(NCc4ccc(F)cc4-c4ccsc4)CC3)n2)S1. The zero-order valence-electron chi connectivity index (χ0n) is 38.2. The van der Waals surface area contributed by atoms with Gasteiger partial charge in [-0.05, 0) is 191 Å². The Hall–Kier alpha value is -5.56. The van der Waals surface area contributed by atoms with Crippen molar-refractivity contribution in [1.82, 2.24) is 35.9 Å². The fourth-order valence-electron chi connectivity index (χ4n) is 9.34. The van der Waals surface area contributed by atoms with E-state index in [1.165, 1.54) is 12.1 Å². The molecule has 2 aromatic carbocycles. The van der Waals surface area contributed by atoms with Crippen LogP contribution >= 0.6 is 46.2 Å². The number of benzene rings is 2. The van der Waals surface area contributed by atoms with Crippen molar-refractivity contribution in [2.24, 2.45) is 11.8 Å². The van der Waals surface area contributed by atoms with Gasteiger partial charge in [0.2, 0.25) is 5.12 Å². The van der Waals surface area contributed by atoms with Crippen LogP contribution in [0.25, 0.3) is 33.7 Å². The van der Waals surface area contributed by atoms with E-state index in [9.17, 15) is 28.0 Å². The second-order valence-electron chi connectivity index (χ2n) is 17.9. The normalized spacial score (nSPS) is 21.6. The summed E-state index contributed by atoms with van der Waals surface area (Å²) in [5.74, 6) is 1.64. The van der Waals surface area contributed by atoms with Gasteiger partial charge in [0.15, 0.2) is 5.78 Å². The summed E-state index contributed by atoms with van der Waals surface area (Å²) in [6.07, 6.45) is 17.0. The van der Waals surface area contributed by atoms with Gasteiger partial charge in [0.05, 0.1) is 27.6 Å². The molecule has 0 atom stereocenters. The maximum atomic E-state index is 13.9. The van der Waals surface area contributed by atoms with E-state index in [4.69, 9.17) is 0 Å². The number of amides is 2. The number of thiophene rings is 2. The lowest BCUT2D eigenvalue weighted by molar-refractivity contribution is -0.119. The molecule has 2 amide bonds. The topological polar surface area (TPSA) is 156 Å². The summed E-state index contributed by atoms with van der Waals surface area (Å²) in [5, 5.41) is 15.2. The summed E-state index contributed by atoms with van der Waals surface area (Å²) in [7, 11) is 0. The van der Waals surface area contributed by atoms with E-state index < -0.39 is 0 Å². The highest BCUT2D eigenvalue weighted by Crippen LogP contribution is 2.34. The van der Waals surface area contributed by atoms with Gasteiger partial charge in [-0.3, -0.25) is 24.5 Å². The first-order chi connectivity index (χ1) is 34.1. The molecule has 4 fully saturated rings. The molecule has 0 radical (unpaired) electrons. The number of aromatic nitrogens is 4. The summed E-state index contributed by atoms with van der Waals surface area (Å²) in [5.41, 5.74) is 6.53. The molecular weight excluding hydrogens is 965 g/mol. The van der Waals surface area contributed by atoms with E-state index in [0.717, 1.165) is 139 Å². The maximum absolute atomic E-state index is 13.9. The smallest absolute Gasteiger partial charge is 0.290 e. The van der Waals surface area contributed by atoms with Gasteiger partial charge in [0.25, 0.3) is 11.1 Å². The summed E-state index contributed by atoms with van der Waals surface area (Å²) < 4.78 is 27.7. The summed E-state index contributed by atoms with van der Waals surface area (Å²) in [6, 6.07) is 20.5. The Kier molecular flexibility index (Phi) is 16.6. The van der Waals surface area contributed by atoms with Crippen LogP contribution in [-0.2, 0) is 40.3 Å². The fourth-order valence-corrected chi connectivity index (χ4v) is 12.3. The van der Waals surface area contributed by atoms with Crippen LogP contribution in [-0.4, -0.2) is 54.1 Å². The number of allylic oxidation sites excluding steroid dienone is 1. The van der Waals surface area contributed by atoms with E-state index in [1.807, 2.05) is 41.1 Å². The molecule has 2 saturated heterocycles. The Morgan fingerprint density at radius 1 is 0.657 bits per heavy atom. The molecule has 0 bridgehead atoms. The zero-order chi connectivity index (χ0) is 48.4. The summed E-state index contributed by atoms with van der Waals surface area (Å²) in [4.78, 5) is 66.5. The van der Waals surface area contributed by atoms with Crippen LogP contribution in [0.2, 0.25) is 0 Å². The molecule has 4 aliphatic rings. The van der Waals surface area contributed by atoms with Gasteiger partial charge < -0.3 is 10.6 Å². The molecule has 10 rings (SSSR count). The van der Waals surface area contributed by atoms with Crippen LogP contribution in [0, 0.1) is 23.5 Å². The number of thioether (sulfide) groups is 2. The van der Waals surface area contributed by atoms with Gasteiger partial charge in [-0.15, -0.1) is 11.3 Å². The van der Waals surface area contributed by atoms with E-state index in [1.54, 1.807) is 71.5 Å². The van der Waals surface area contributed by atoms with Gasteiger partial charge in [0, 0.05) is 55.3 Å². The first-order valence-corrected chi connectivity index (χ1v) is 27.0. The molecule has 17 heteroatoms. The van der Waals surface area contributed by atoms with E-state index in [-0.39, 0.29) is 40.1 Å². The van der Waals surface area contributed by atoms with Gasteiger partial charge in [-0.1, -0.05) is 18.2 Å². The number of Topliss-reactive ketones (excluding diaryl/α,β-unsaturated/α-hetero) is 1. The second kappa shape index (κ2) is 23.6. The molecule has 0 unspecified atom stereocenters. The second-order valence-corrected chi connectivity index (χ2v) is 21.8. The minimum atomic E-state index is -0.380. The number of rotatable bonds is 14. The number of carbonyl (C=O) groups excluding carboxylic acids is 4. The minimum Gasteiger partial charge on any atom is -0.310 e. The molecule has 6 heterocycles. The monoisotopic (exact) mass is 1020 g/mol. The Labute approximate surface area is 421 Å². The molecule has 360 valence electrons. The van der Waals surface area contributed by atoms with E-state index >= 15 is 0 Å². The van der Waals surface area contributed by atoms with Crippen molar-refractivity contribution < 1.29 is 28.0 Å². The number of hydrogen-bond acceptors (Lipinski definition) is 14. The standard InChI is InChI=1S/C27H26FN3O2S2.C26H25FN4O2S2/c28-19-6-5-18(22(13-19)24-2-1-11-34-24)16-30-20-7-3-17(4-8-20)12-26-29-10-9-21(31-26)14-25-23(32)15-27(33)35-25;27-19-4-3-17(22(12-19)18-8-10-34-15-18)14-29-20-5-1-16(2-6-20)11-24-28-9-7-21(30-24)13-23-25(32)31-26(33)35-23/h1-2,5-6,9-11,13-14,17,20,30H,3-4,7-8,12,15-16H2;3-4,7-10,12-13,15-16,20,29H,1-2,5-6,11,14H2,(H,31,32,33)/b25-14-;23-13-. The third-order valence-corrected chi connectivity index (χ3v) is 16.4. The van der Waals surface area contributed by atoms with Crippen molar-refractivity contribution in [3.8, 4) is 21.6 Å². The highest BCUT2D eigenvalue weighted by Gasteiger charge is 2.28. The van der Waals surface area contributed by atoms with Crippen molar-refractivity contribution in [3.63, 3.8) is 0 Å². The molecule has 2 saturated carbocycles. The number of imide groups is 1. The molecule has 70 heavy (non-hydrogen) atoms. The third kappa shape index (κ3) is 13.4. The first-order valence-electron chi connectivity index (χ1n) is 23.5. The van der Waals surface area contributed by atoms with Crippen molar-refractivity contribution >= 4 is 80.4 Å². The number of nitrogens with one attached hydrogen (secondary N) is 3. The van der Waals surface area contributed by atoms with Gasteiger partial charge in [-0.25, -0.2) is 28.7 Å². The molecule has 11 nitrogen and oxygen atoms in total. The number of hydrogen-bond donors (Lipinski definition) is 3. The molecular formula is C53H51F2N7O4S4. The van der Waals surface area contributed by atoms with Gasteiger partial charge in [-0.2, -0.15) is 11.3 Å². The molecule has 6 aromatic rings. The summed E-state index contributed by atoms with van der Waals surface area (Å²) in [6.45, 7) is 1.44. The van der Waals surface area contributed by atoms with Crippen LogP contribution in [0.5, 0.6) is 0 Å². The average molecular weight is 1020 g/mol. The summed E-state index contributed by atoms with van der Waals surface area (Å²) >= 11 is 5.14. The largest absolute Gasteiger partial charge is 0.310 e. The van der Waals surface area contributed by atoms with Crippen LogP contribution in [0.4, 0.5) is 13.6 Å². The Bertz CT molecular complexity index is 2700. The van der Waals surface area contributed by atoms with Crippen molar-refractivity contribution in [2.75, 3.05) is 0 Å². The maximum Gasteiger partial charge on any atom is 0.290 e. The predicted octanol–water partition coefficient (Wildman–Crippen LogP) is 11.4. The Morgan fingerprint density at radius 3 is 1.76 bits per heavy atom. The first kappa shape index (κ1) is 49.4.